The van der Waals surface area contributed by atoms with E-state index in [2.05, 4.69) is 35.9 Å². The second-order valence-electron chi connectivity index (χ2n) is 7.95. The molecule has 3 heterocycles. The predicted octanol–water partition coefficient (Wildman–Crippen LogP) is 4.89. The molecule has 0 saturated carbocycles. The number of fused-ring (bicyclic) bond motifs is 4. The Morgan fingerprint density at radius 2 is 2.11 bits per heavy atom. The average Bonchev–Trinajstić information content (AvgIpc) is 3.22. The largest absolute Gasteiger partial charge is 0.308 e. The van der Waals surface area contributed by atoms with E-state index in [-0.39, 0.29) is 11.9 Å². The smallest absolute Gasteiger partial charge is 0.237 e. The number of thioether (sulfide) groups is 1. The Bertz CT molecular complexity index is 1060. The maximum absolute atomic E-state index is 13.1. The topological polar surface area (TPSA) is 46.1 Å². The molecule has 2 atom stereocenters. The summed E-state index contributed by atoms with van der Waals surface area (Å²) in [5, 5.41) is 2.16. The lowest BCUT2D eigenvalue weighted by atomic mass is 9.89. The van der Waals surface area contributed by atoms with Crippen LogP contribution in [0.2, 0.25) is 0 Å². The first-order chi connectivity index (χ1) is 13.6. The van der Waals surface area contributed by atoms with Gasteiger partial charge < -0.3 is 4.90 Å². The summed E-state index contributed by atoms with van der Waals surface area (Å²) in [6.07, 6.45) is 6.04. The summed E-state index contributed by atoms with van der Waals surface area (Å²) in [5.41, 5.74) is 3.75. The third-order valence-corrected chi connectivity index (χ3v) is 8.00. The number of benzene rings is 1. The van der Waals surface area contributed by atoms with Crippen molar-refractivity contribution in [3.05, 3.63) is 46.6 Å². The number of aryl methyl sites for hydroxylation is 1. The highest BCUT2D eigenvalue weighted by Gasteiger charge is 2.31. The molecule has 0 unspecified atom stereocenters. The zero-order valence-electron chi connectivity index (χ0n) is 16.1. The van der Waals surface area contributed by atoms with Gasteiger partial charge in [0.1, 0.15) is 16.2 Å². The van der Waals surface area contributed by atoms with E-state index >= 15 is 0 Å². The molecule has 5 rings (SSSR count). The summed E-state index contributed by atoms with van der Waals surface area (Å²) in [4.78, 5) is 26.6. The molecule has 0 fully saturated rings. The molecule has 28 heavy (non-hydrogen) atoms. The SMILES string of the molecule is C[C@H]1CCc2c(sc3ncnc(SCC(=O)N4c5ccccc5C[C@@H]4C)c23)C1. The van der Waals surface area contributed by atoms with E-state index in [1.165, 1.54) is 27.8 Å². The van der Waals surface area contributed by atoms with Gasteiger partial charge in [-0.05, 0) is 55.7 Å². The minimum Gasteiger partial charge on any atom is -0.308 e. The number of aromatic nitrogens is 2. The monoisotopic (exact) mass is 409 g/mol. The first-order valence-corrected chi connectivity index (χ1v) is 11.7. The second-order valence-corrected chi connectivity index (χ2v) is 9.99. The molecular formula is C22H23N3OS2. The first kappa shape index (κ1) is 18.1. The lowest BCUT2D eigenvalue weighted by molar-refractivity contribution is -0.116. The molecule has 2 aliphatic rings. The molecule has 0 N–H and O–H groups in total. The second kappa shape index (κ2) is 7.16. The molecule has 6 heteroatoms. The van der Waals surface area contributed by atoms with Gasteiger partial charge in [-0.25, -0.2) is 9.97 Å². The predicted molar refractivity (Wildman–Crippen MR) is 116 cm³/mol. The van der Waals surface area contributed by atoms with E-state index in [1.54, 1.807) is 18.1 Å². The van der Waals surface area contributed by atoms with Crippen molar-refractivity contribution in [3.8, 4) is 0 Å². The molecular weight excluding hydrogens is 386 g/mol. The van der Waals surface area contributed by atoms with E-state index in [9.17, 15) is 4.79 Å². The van der Waals surface area contributed by atoms with Crippen LogP contribution in [0, 0.1) is 5.92 Å². The van der Waals surface area contributed by atoms with Gasteiger partial charge in [-0.15, -0.1) is 11.3 Å². The van der Waals surface area contributed by atoms with Crippen LogP contribution in [0.3, 0.4) is 0 Å². The number of para-hydroxylation sites is 1. The van der Waals surface area contributed by atoms with Crippen LogP contribution in [0.1, 0.15) is 36.3 Å². The molecule has 0 bridgehead atoms. The van der Waals surface area contributed by atoms with Crippen LogP contribution in [0.5, 0.6) is 0 Å². The minimum atomic E-state index is 0.159. The number of carbonyl (C=O) groups excluding carboxylic acids is 1. The molecule has 1 aliphatic heterocycles. The maximum Gasteiger partial charge on any atom is 0.237 e. The van der Waals surface area contributed by atoms with Crippen molar-refractivity contribution in [2.45, 2.75) is 50.6 Å². The van der Waals surface area contributed by atoms with E-state index in [1.807, 2.05) is 28.4 Å². The molecule has 1 amide bonds. The zero-order valence-corrected chi connectivity index (χ0v) is 17.8. The van der Waals surface area contributed by atoms with Crippen LogP contribution < -0.4 is 4.90 Å². The van der Waals surface area contributed by atoms with Crippen molar-refractivity contribution in [2.24, 2.45) is 5.92 Å². The lowest BCUT2D eigenvalue weighted by Gasteiger charge is -2.22. The highest BCUT2D eigenvalue weighted by atomic mass is 32.2. The summed E-state index contributed by atoms with van der Waals surface area (Å²) < 4.78 is 0. The zero-order chi connectivity index (χ0) is 19.3. The number of anilines is 1. The summed E-state index contributed by atoms with van der Waals surface area (Å²) >= 11 is 3.37. The molecule has 0 spiro atoms. The number of thiophene rings is 1. The van der Waals surface area contributed by atoms with Crippen LogP contribution in [-0.2, 0) is 24.1 Å². The first-order valence-electron chi connectivity index (χ1n) is 9.90. The van der Waals surface area contributed by atoms with Gasteiger partial charge in [-0.2, -0.15) is 0 Å². The van der Waals surface area contributed by atoms with Gasteiger partial charge in [0.2, 0.25) is 5.91 Å². The van der Waals surface area contributed by atoms with Gasteiger partial charge in [0.05, 0.1) is 5.75 Å². The Balaban J connectivity index is 1.40. The van der Waals surface area contributed by atoms with E-state index in [0.717, 1.165) is 40.7 Å². The number of amides is 1. The standard InChI is InChI=1S/C22H23N3OS2/c1-13-7-8-16-18(9-13)28-22-20(16)21(23-12-24-22)27-11-19(26)25-14(2)10-15-5-3-4-6-17(15)25/h3-6,12-14H,7-11H2,1-2H3/t13-,14-/m0/s1. The number of rotatable bonds is 3. The molecule has 2 aromatic heterocycles. The van der Waals surface area contributed by atoms with E-state index in [0.29, 0.717) is 5.75 Å². The number of nitrogens with zero attached hydrogens (tertiary/aromatic N) is 3. The van der Waals surface area contributed by atoms with E-state index < -0.39 is 0 Å². The Kier molecular flexibility index (Phi) is 4.63. The van der Waals surface area contributed by atoms with Crippen LogP contribution in [0.15, 0.2) is 35.6 Å². The van der Waals surface area contributed by atoms with Gasteiger partial charge in [-0.1, -0.05) is 36.9 Å². The molecule has 3 aromatic rings. The fourth-order valence-corrected chi connectivity index (χ4v) is 6.80. The van der Waals surface area contributed by atoms with Crippen molar-refractivity contribution in [3.63, 3.8) is 0 Å². The molecule has 4 nitrogen and oxygen atoms in total. The van der Waals surface area contributed by atoms with Crippen molar-refractivity contribution < 1.29 is 4.79 Å². The van der Waals surface area contributed by atoms with Crippen LogP contribution in [-0.4, -0.2) is 27.7 Å². The van der Waals surface area contributed by atoms with Crippen molar-refractivity contribution in [1.29, 1.82) is 0 Å². The highest BCUT2D eigenvalue weighted by molar-refractivity contribution is 8.00. The van der Waals surface area contributed by atoms with Gasteiger partial charge in [-0.3, -0.25) is 4.79 Å². The van der Waals surface area contributed by atoms with Crippen LogP contribution >= 0.6 is 23.1 Å². The molecule has 0 radical (unpaired) electrons. The van der Waals surface area contributed by atoms with Crippen molar-refractivity contribution >= 4 is 44.9 Å². The Labute approximate surface area is 173 Å². The summed E-state index contributed by atoms with van der Waals surface area (Å²) in [6.45, 7) is 4.45. The maximum atomic E-state index is 13.1. The average molecular weight is 410 g/mol. The Morgan fingerprint density at radius 1 is 1.25 bits per heavy atom. The van der Waals surface area contributed by atoms with Crippen LogP contribution in [0.4, 0.5) is 5.69 Å². The number of carbonyl (C=O) groups is 1. The highest BCUT2D eigenvalue weighted by Crippen LogP contribution is 2.41. The normalized spacial score (nSPS) is 21.0. The van der Waals surface area contributed by atoms with Gasteiger partial charge in [0.25, 0.3) is 0 Å². The van der Waals surface area contributed by atoms with Gasteiger partial charge in [0, 0.05) is 22.0 Å². The van der Waals surface area contributed by atoms with Crippen LogP contribution in [0.25, 0.3) is 10.2 Å². The fraction of sp³-hybridized carbons (Fsp3) is 0.409. The van der Waals surface area contributed by atoms with E-state index in [4.69, 9.17) is 0 Å². The Hall–Kier alpha value is -1.92. The molecule has 1 aliphatic carbocycles. The van der Waals surface area contributed by atoms with Crippen molar-refractivity contribution in [2.75, 3.05) is 10.7 Å². The third-order valence-electron chi connectivity index (χ3n) is 5.87. The molecule has 0 saturated heterocycles. The quantitative estimate of drug-likeness (QED) is 0.457. The summed E-state index contributed by atoms with van der Waals surface area (Å²) in [6, 6.07) is 8.45. The number of hydrogen-bond donors (Lipinski definition) is 0. The molecule has 144 valence electrons. The number of hydrogen-bond acceptors (Lipinski definition) is 5. The summed E-state index contributed by atoms with van der Waals surface area (Å²) in [7, 11) is 0. The van der Waals surface area contributed by atoms with Gasteiger partial charge in [0.15, 0.2) is 0 Å². The molecule has 1 aromatic carbocycles. The minimum absolute atomic E-state index is 0.159. The lowest BCUT2D eigenvalue weighted by Crippen LogP contribution is -2.37. The summed E-state index contributed by atoms with van der Waals surface area (Å²) in [5.74, 6) is 1.31. The van der Waals surface area contributed by atoms with Crippen molar-refractivity contribution in [1.82, 2.24) is 9.97 Å². The fourth-order valence-electron chi connectivity index (χ4n) is 4.50. The third kappa shape index (κ3) is 3.03. The van der Waals surface area contributed by atoms with Gasteiger partial charge >= 0.3 is 0 Å². The Morgan fingerprint density at radius 3 is 3.00 bits per heavy atom.